The lowest BCUT2D eigenvalue weighted by Crippen LogP contribution is -2.35. The van der Waals surface area contributed by atoms with Crippen LogP contribution in [0.1, 0.15) is 18.2 Å². The van der Waals surface area contributed by atoms with Gasteiger partial charge in [0.15, 0.2) is 0 Å². The molecule has 146 valence electrons. The molecule has 0 saturated carbocycles. The number of amides is 1. The second-order valence-corrected chi connectivity index (χ2v) is 7.86. The van der Waals surface area contributed by atoms with Gasteiger partial charge in [-0.25, -0.2) is 5.01 Å². The summed E-state index contributed by atoms with van der Waals surface area (Å²) in [4.78, 5) is 17.5. The van der Waals surface area contributed by atoms with Crippen LogP contribution in [0.15, 0.2) is 63.9 Å². The molecule has 3 rings (SSSR count). The molecule has 1 aromatic heterocycles. The Bertz CT molecular complexity index is 923. The molecule has 2 heterocycles. The normalized spacial score (nSPS) is 17.0. The summed E-state index contributed by atoms with van der Waals surface area (Å²) in [6, 6.07) is 3.94. The molecule has 0 bridgehead atoms. The van der Waals surface area contributed by atoms with Crippen molar-refractivity contribution < 1.29 is 4.79 Å². The largest absolute Gasteiger partial charge is 0.350 e. The number of thiophene rings is 1. The molecule has 1 aliphatic heterocycles. The maximum absolute atomic E-state index is 12.1. The molecule has 2 aliphatic rings. The van der Waals surface area contributed by atoms with Gasteiger partial charge in [-0.15, -0.1) is 11.3 Å². The Hall–Kier alpha value is -2.48. The zero-order valence-electron chi connectivity index (χ0n) is 15.6. The summed E-state index contributed by atoms with van der Waals surface area (Å²) < 4.78 is 0.775. The highest BCUT2D eigenvalue weighted by Crippen LogP contribution is 2.31. The zero-order valence-corrected chi connectivity index (χ0v) is 17.1. The minimum atomic E-state index is -0.233. The van der Waals surface area contributed by atoms with Gasteiger partial charge >= 0.3 is 0 Å². The van der Waals surface area contributed by atoms with E-state index in [0.29, 0.717) is 25.5 Å². The first-order valence-electron chi connectivity index (χ1n) is 8.94. The first-order chi connectivity index (χ1) is 13.6. The van der Waals surface area contributed by atoms with Crippen molar-refractivity contribution in [2.24, 2.45) is 15.8 Å². The number of carbonyl (C=O) groups excluding carboxylic acids is 1. The lowest BCUT2D eigenvalue weighted by molar-refractivity contribution is -0.114. The monoisotopic (exact) mass is 415 g/mol. The van der Waals surface area contributed by atoms with Gasteiger partial charge in [0.1, 0.15) is 12.4 Å². The van der Waals surface area contributed by atoms with Gasteiger partial charge in [0.25, 0.3) is 5.91 Å². The predicted octanol–water partition coefficient (Wildman–Crippen LogP) is 3.35. The van der Waals surface area contributed by atoms with Crippen molar-refractivity contribution in [3.05, 3.63) is 63.0 Å². The SMILES string of the molecule is C/C(=N\N1CN=CC=C1C1=CCC=C(c2ccc(Cl)s2)C=C1)C(=O)NCCN. The van der Waals surface area contributed by atoms with Crippen LogP contribution in [-0.4, -0.2) is 42.6 Å². The number of nitrogens with two attached hydrogens (primary N) is 1. The molecule has 1 aromatic rings. The van der Waals surface area contributed by atoms with Crippen LogP contribution in [0.2, 0.25) is 4.34 Å². The summed E-state index contributed by atoms with van der Waals surface area (Å²) in [5.74, 6) is -0.233. The molecule has 0 spiro atoms. The Labute approximate surface area is 173 Å². The van der Waals surface area contributed by atoms with Gasteiger partial charge < -0.3 is 11.1 Å². The molecule has 0 unspecified atom stereocenters. The molecular weight excluding hydrogens is 394 g/mol. The molecule has 0 saturated heterocycles. The van der Waals surface area contributed by atoms with Gasteiger partial charge in [0, 0.05) is 24.2 Å². The summed E-state index contributed by atoms with van der Waals surface area (Å²) >= 11 is 7.63. The average molecular weight is 416 g/mol. The maximum Gasteiger partial charge on any atom is 0.267 e. The van der Waals surface area contributed by atoms with Crippen LogP contribution in [-0.2, 0) is 4.79 Å². The molecule has 28 heavy (non-hydrogen) atoms. The summed E-state index contributed by atoms with van der Waals surface area (Å²) in [5.41, 5.74) is 8.86. The van der Waals surface area contributed by atoms with E-state index in [4.69, 9.17) is 17.3 Å². The topological polar surface area (TPSA) is 83.1 Å². The summed E-state index contributed by atoms with van der Waals surface area (Å²) in [7, 11) is 0. The van der Waals surface area contributed by atoms with Crippen molar-refractivity contribution in [2.45, 2.75) is 13.3 Å². The summed E-state index contributed by atoms with van der Waals surface area (Å²) in [6.07, 6.45) is 12.9. The number of rotatable bonds is 6. The molecular formula is C20H22ClN5OS. The van der Waals surface area contributed by atoms with E-state index in [0.717, 1.165) is 32.5 Å². The van der Waals surface area contributed by atoms with Crippen LogP contribution in [0.4, 0.5) is 0 Å². The van der Waals surface area contributed by atoms with E-state index in [9.17, 15) is 4.79 Å². The van der Waals surface area contributed by atoms with Crippen LogP contribution in [0.25, 0.3) is 5.57 Å². The summed E-state index contributed by atoms with van der Waals surface area (Å²) in [5, 5.41) is 8.93. The van der Waals surface area contributed by atoms with Crippen molar-refractivity contribution in [1.82, 2.24) is 10.3 Å². The van der Waals surface area contributed by atoms with Crippen LogP contribution < -0.4 is 11.1 Å². The molecule has 0 fully saturated rings. The standard InChI is InChI=1S/C20H22ClN5OS/c1-14(20(27)24-12-10-22)25-26-13-23-11-9-17(26)15-3-2-4-16(6-5-15)18-7-8-19(21)28-18/h3-9,11H,2,10,12-13,22H2,1H3,(H,24,27)/b25-14+. The third-order valence-corrected chi connectivity index (χ3v) is 5.41. The van der Waals surface area contributed by atoms with E-state index < -0.39 is 0 Å². The Morgan fingerprint density at radius 3 is 2.89 bits per heavy atom. The second-order valence-electron chi connectivity index (χ2n) is 6.15. The van der Waals surface area contributed by atoms with E-state index in [1.165, 1.54) is 0 Å². The smallest absolute Gasteiger partial charge is 0.267 e. The Morgan fingerprint density at radius 1 is 1.36 bits per heavy atom. The number of allylic oxidation sites excluding steroid dienone is 6. The lowest BCUT2D eigenvalue weighted by atomic mass is 10.1. The van der Waals surface area contributed by atoms with Gasteiger partial charge in [0.05, 0.1) is 10.0 Å². The highest BCUT2D eigenvalue weighted by Gasteiger charge is 2.17. The molecule has 0 radical (unpaired) electrons. The van der Waals surface area contributed by atoms with Crippen LogP contribution >= 0.6 is 22.9 Å². The van der Waals surface area contributed by atoms with E-state index in [-0.39, 0.29) is 5.91 Å². The van der Waals surface area contributed by atoms with Gasteiger partial charge in [-0.05, 0) is 42.7 Å². The molecule has 1 amide bonds. The highest BCUT2D eigenvalue weighted by molar-refractivity contribution is 7.17. The quantitative estimate of drug-likeness (QED) is 0.699. The third kappa shape index (κ3) is 5.07. The third-order valence-electron chi connectivity index (χ3n) is 4.13. The lowest BCUT2D eigenvalue weighted by Gasteiger charge is -2.24. The first-order valence-corrected chi connectivity index (χ1v) is 10.1. The number of hydrogen-bond acceptors (Lipinski definition) is 6. The fourth-order valence-electron chi connectivity index (χ4n) is 2.75. The maximum atomic E-state index is 12.1. The molecule has 6 nitrogen and oxygen atoms in total. The number of nitrogens with zero attached hydrogens (tertiary/aromatic N) is 3. The molecule has 8 heteroatoms. The fraction of sp³-hybridized carbons (Fsp3) is 0.250. The summed E-state index contributed by atoms with van der Waals surface area (Å²) in [6.45, 7) is 2.85. The average Bonchev–Trinajstić information content (AvgIpc) is 2.99. The van der Waals surface area contributed by atoms with Crippen molar-refractivity contribution in [1.29, 1.82) is 0 Å². The molecule has 3 N–H and O–H groups in total. The van der Waals surface area contributed by atoms with E-state index in [1.807, 2.05) is 18.2 Å². The fourth-order valence-corrected chi connectivity index (χ4v) is 3.82. The van der Waals surface area contributed by atoms with Gasteiger partial charge in [-0.1, -0.05) is 35.9 Å². The predicted molar refractivity (Wildman–Crippen MR) is 118 cm³/mol. The van der Waals surface area contributed by atoms with Crippen LogP contribution in [0.5, 0.6) is 0 Å². The molecule has 1 aliphatic carbocycles. The van der Waals surface area contributed by atoms with Gasteiger partial charge in [-0.2, -0.15) is 5.10 Å². The van der Waals surface area contributed by atoms with E-state index in [2.05, 4.69) is 39.7 Å². The Morgan fingerprint density at radius 2 is 2.14 bits per heavy atom. The number of nitrogens with one attached hydrogen (secondary N) is 1. The molecule has 0 atom stereocenters. The van der Waals surface area contributed by atoms with Crippen molar-refractivity contribution >= 4 is 46.3 Å². The number of hydrogen-bond donors (Lipinski definition) is 2. The second kappa shape index (κ2) is 9.64. The van der Waals surface area contributed by atoms with Crippen molar-refractivity contribution in [3.63, 3.8) is 0 Å². The van der Waals surface area contributed by atoms with E-state index >= 15 is 0 Å². The zero-order chi connectivity index (χ0) is 19.9. The minimum Gasteiger partial charge on any atom is -0.350 e. The Balaban J connectivity index is 1.77. The first kappa shape index (κ1) is 20.3. The Kier molecular flexibility index (Phi) is 6.97. The number of aliphatic imine (C=N–C) groups is 1. The van der Waals surface area contributed by atoms with Crippen molar-refractivity contribution in [2.75, 3.05) is 19.8 Å². The van der Waals surface area contributed by atoms with Gasteiger partial charge in [-0.3, -0.25) is 9.79 Å². The van der Waals surface area contributed by atoms with Gasteiger partial charge in [0.2, 0.25) is 0 Å². The number of hydrazone groups is 1. The number of halogens is 1. The van der Waals surface area contributed by atoms with Crippen LogP contribution in [0, 0.1) is 0 Å². The minimum absolute atomic E-state index is 0.233. The molecule has 0 aromatic carbocycles. The van der Waals surface area contributed by atoms with Crippen molar-refractivity contribution in [3.8, 4) is 0 Å². The van der Waals surface area contributed by atoms with E-state index in [1.54, 1.807) is 29.5 Å². The van der Waals surface area contributed by atoms with Crippen LogP contribution in [0.3, 0.4) is 0 Å². The highest BCUT2D eigenvalue weighted by atomic mass is 35.5. The number of carbonyl (C=O) groups is 1.